The Morgan fingerprint density at radius 1 is 1.09 bits per heavy atom. The van der Waals surface area contributed by atoms with E-state index in [-0.39, 0.29) is 24.3 Å². The predicted octanol–water partition coefficient (Wildman–Crippen LogP) is 4.44. The summed E-state index contributed by atoms with van der Waals surface area (Å²) in [6, 6.07) is 8.70. The highest BCUT2D eigenvalue weighted by atomic mass is 35.5. The molecule has 3 aromatic rings. The fourth-order valence-corrected chi connectivity index (χ4v) is 4.42. The minimum Gasteiger partial charge on any atom is -0.472 e. The van der Waals surface area contributed by atoms with Crippen LogP contribution < -0.4 is 4.74 Å². The Morgan fingerprint density at radius 2 is 1.85 bits per heavy atom. The zero-order chi connectivity index (χ0) is 23.5. The van der Waals surface area contributed by atoms with Crippen LogP contribution in [0.25, 0.3) is 0 Å². The number of aliphatic hydroxyl groups is 1. The summed E-state index contributed by atoms with van der Waals surface area (Å²) >= 11 is 18.3. The molecular weight excluding hydrogens is 487 g/mol. The number of likely N-dealkylation sites (tertiary alicyclic amines) is 1. The second-order valence-corrected chi connectivity index (χ2v) is 9.08. The topological polar surface area (TPSA) is 88.4 Å². The Labute approximate surface area is 206 Å². The van der Waals surface area contributed by atoms with Gasteiger partial charge in [0.05, 0.1) is 27.2 Å². The standard InChI is InChI=1S/C23H21Cl3N4O3/c1-13-27-7-15(8-28-13)23(32)30-10-17(14-2-4-19(25)20(26)6-14)18(11-30)21(12-31)33-22-5-3-16(24)9-29-22/h2-9,17-18,21,31H,10-12H2,1H3/t17-,18?,21+/m1/s1. The molecule has 1 unspecified atom stereocenters. The first kappa shape index (κ1) is 23.7. The van der Waals surface area contributed by atoms with Crippen LogP contribution >= 0.6 is 34.8 Å². The third-order valence-corrected chi connectivity index (χ3v) is 6.64. The number of amides is 1. The van der Waals surface area contributed by atoms with Crippen LogP contribution in [-0.4, -0.2) is 56.7 Å². The maximum absolute atomic E-state index is 13.2. The second-order valence-electron chi connectivity index (χ2n) is 7.83. The summed E-state index contributed by atoms with van der Waals surface area (Å²) < 4.78 is 6.02. The lowest BCUT2D eigenvalue weighted by Crippen LogP contribution is -2.36. The number of hydrogen-bond acceptors (Lipinski definition) is 6. The Kier molecular flexibility index (Phi) is 7.34. The lowest BCUT2D eigenvalue weighted by molar-refractivity contribution is 0.0578. The van der Waals surface area contributed by atoms with E-state index in [2.05, 4.69) is 15.0 Å². The maximum atomic E-state index is 13.2. The van der Waals surface area contributed by atoms with Crippen molar-refractivity contribution in [2.45, 2.75) is 18.9 Å². The van der Waals surface area contributed by atoms with Crippen molar-refractivity contribution < 1.29 is 14.6 Å². The molecule has 1 aliphatic heterocycles. The molecule has 0 aliphatic carbocycles. The molecule has 1 amide bonds. The maximum Gasteiger partial charge on any atom is 0.257 e. The molecule has 0 bridgehead atoms. The van der Waals surface area contributed by atoms with Crippen molar-refractivity contribution in [1.82, 2.24) is 19.9 Å². The van der Waals surface area contributed by atoms with E-state index >= 15 is 0 Å². The quantitative estimate of drug-likeness (QED) is 0.531. The highest BCUT2D eigenvalue weighted by molar-refractivity contribution is 6.42. The fourth-order valence-electron chi connectivity index (χ4n) is 4.00. The second kappa shape index (κ2) is 10.2. The molecule has 0 saturated carbocycles. The van der Waals surface area contributed by atoms with Crippen LogP contribution in [0.3, 0.4) is 0 Å². The van der Waals surface area contributed by atoms with Gasteiger partial charge in [0.25, 0.3) is 5.91 Å². The number of hydrogen-bond donors (Lipinski definition) is 1. The first-order chi connectivity index (χ1) is 15.9. The summed E-state index contributed by atoms with van der Waals surface area (Å²) in [7, 11) is 0. The van der Waals surface area contributed by atoms with Crippen molar-refractivity contribution in [3.63, 3.8) is 0 Å². The average Bonchev–Trinajstić information content (AvgIpc) is 3.26. The normalized spacial score (nSPS) is 18.9. The van der Waals surface area contributed by atoms with Gasteiger partial charge in [0.15, 0.2) is 0 Å². The van der Waals surface area contributed by atoms with Gasteiger partial charge in [-0.3, -0.25) is 4.79 Å². The van der Waals surface area contributed by atoms with E-state index in [9.17, 15) is 9.90 Å². The van der Waals surface area contributed by atoms with E-state index in [0.29, 0.717) is 45.4 Å². The molecule has 0 spiro atoms. The highest BCUT2D eigenvalue weighted by Crippen LogP contribution is 2.38. The number of benzene rings is 1. The van der Waals surface area contributed by atoms with Gasteiger partial charge in [0, 0.05) is 49.6 Å². The van der Waals surface area contributed by atoms with E-state index < -0.39 is 6.10 Å². The average molecular weight is 508 g/mol. The van der Waals surface area contributed by atoms with Gasteiger partial charge in [-0.05, 0) is 30.7 Å². The number of aliphatic hydroxyl groups excluding tert-OH is 1. The van der Waals surface area contributed by atoms with Crippen molar-refractivity contribution in [1.29, 1.82) is 0 Å². The first-order valence-corrected chi connectivity index (χ1v) is 11.4. The number of halogens is 3. The third-order valence-electron chi connectivity index (χ3n) is 5.68. The summed E-state index contributed by atoms with van der Waals surface area (Å²) in [5.41, 5.74) is 1.30. The number of aromatic nitrogens is 3. The van der Waals surface area contributed by atoms with Gasteiger partial charge in [-0.1, -0.05) is 40.9 Å². The molecule has 1 saturated heterocycles. The van der Waals surface area contributed by atoms with Crippen molar-refractivity contribution in [2.24, 2.45) is 5.92 Å². The van der Waals surface area contributed by atoms with Crippen LogP contribution in [0.1, 0.15) is 27.7 Å². The summed E-state index contributed by atoms with van der Waals surface area (Å²) in [5.74, 6) is 0.343. The molecular formula is C23H21Cl3N4O3. The number of nitrogens with zero attached hydrogens (tertiary/aromatic N) is 4. The molecule has 33 heavy (non-hydrogen) atoms. The summed E-state index contributed by atoms with van der Waals surface area (Å²) in [6.07, 6.45) is 3.89. The number of aryl methyl sites for hydroxylation is 1. The van der Waals surface area contributed by atoms with Crippen LogP contribution in [-0.2, 0) is 0 Å². The van der Waals surface area contributed by atoms with Gasteiger partial charge in [-0.15, -0.1) is 0 Å². The highest BCUT2D eigenvalue weighted by Gasteiger charge is 2.42. The lowest BCUT2D eigenvalue weighted by Gasteiger charge is -2.27. The van der Waals surface area contributed by atoms with Gasteiger partial charge in [-0.25, -0.2) is 15.0 Å². The number of rotatable bonds is 6. The summed E-state index contributed by atoms with van der Waals surface area (Å²) in [5, 5.41) is 11.5. The van der Waals surface area contributed by atoms with Gasteiger partial charge in [-0.2, -0.15) is 0 Å². The molecule has 4 rings (SSSR count). The Balaban J connectivity index is 1.64. The molecule has 7 nitrogen and oxygen atoms in total. The minimum atomic E-state index is -0.620. The van der Waals surface area contributed by atoms with E-state index in [4.69, 9.17) is 39.5 Å². The number of carbonyl (C=O) groups is 1. The van der Waals surface area contributed by atoms with E-state index in [1.165, 1.54) is 18.6 Å². The molecule has 2 aromatic heterocycles. The van der Waals surface area contributed by atoms with E-state index in [1.807, 2.05) is 6.07 Å². The molecule has 172 valence electrons. The molecule has 3 atom stereocenters. The van der Waals surface area contributed by atoms with Crippen molar-refractivity contribution in [3.8, 4) is 5.88 Å². The largest absolute Gasteiger partial charge is 0.472 e. The third kappa shape index (κ3) is 5.38. The Bertz CT molecular complexity index is 1130. The molecule has 1 aliphatic rings. The van der Waals surface area contributed by atoms with Crippen molar-refractivity contribution in [3.05, 3.63) is 80.9 Å². The smallest absolute Gasteiger partial charge is 0.257 e. The van der Waals surface area contributed by atoms with E-state index in [0.717, 1.165) is 5.56 Å². The number of carbonyl (C=O) groups excluding carboxylic acids is 1. The van der Waals surface area contributed by atoms with Crippen LogP contribution in [0.15, 0.2) is 48.9 Å². The molecule has 10 heteroatoms. The summed E-state index contributed by atoms with van der Waals surface area (Å²) in [4.78, 5) is 27.3. The summed E-state index contributed by atoms with van der Waals surface area (Å²) in [6.45, 7) is 2.26. The van der Waals surface area contributed by atoms with Gasteiger partial charge in [0.1, 0.15) is 11.9 Å². The van der Waals surface area contributed by atoms with Crippen molar-refractivity contribution >= 4 is 40.7 Å². The number of ether oxygens (including phenoxy) is 1. The zero-order valence-corrected chi connectivity index (χ0v) is 19.9. The lowest BCUT2D eigenvalue weighted by atomic mass is 9.85. The van der Waals surface area contributed by atoms with Gasteiger partial charge < -0.3 is 14.7 Å². The van der Waals surface area contributed by atoms with Gasteiger partial charge in [0.2, 0.25) is 5.88 Å². The SMILES string of the molecule is Cc1ncc(C(=O)N2CC([C@H](CO)Oc3ccc(Cl)cn3)[C@@H](c3ccc(Cl)c(Cl)c3)C2)cn1. The molecule has 1 aromatic carbocycles. The Hall–Kier alpha value is -2.45. The Morgan fingerprint density at radius 3 is 2.48 bits per heavy atom. The van der Waals surface area contributed by atoms with Crippen LogP contribution in [0.5, 0.6) is 5.88 Å². The van der Waals surface area contributed by atoms with Crippen LogP contribution in [0, 0.1) is 12.8 Å². The monoisotopic (exact) mass is 506 g/mol. The molecule has 0 radical (unpaired) electrons. The zero-order valence-electron chi connectivity index (χ0n) is 17.7. The number of pyridine rings is 1. The molecule has 1 fully saturated rings. The van der Waals surface area contributed by atoms with Crippen LogP contribution in [0.2, 0.25) is 15.1 Å². The van der Waals surface area contributed by atoms with E-state index in [1.54, 1.807) is 36.1 Å². The fraction of sp³-hybridized carbons (Fsp3) is 0.304. The molecule has 1 N–H and O–H groups in total. The van der Waals surface area contributed by atoms with Gasteiger partial charge >= 0.3 is 0 Å². The molecule has 3 heterocycles. The van der Waals surface area contributed by atoms with Crippen molar-refractivity contribution in [2.75, 3.05) is 19.7 Å². The minimum absolute atomic E-state index is 0.153. The first-order valence-electron chi connectivity index (χ1n) is 10.3. The van der Waals surface area contributed by atoms with Crippen LogP contribution in [0.4, 0.5) is 0 Å². The predicted molar refractivity (Wildman–Crippen MR) is 126 cm³/mol.